The summed E-state index contributed by atoms with van der Waals surface area (Å²) < 4.78 is 5.74. The summed E-state index contributed by atoms with van der Waals surface area (Å²) in [6.45, 7) is 7.39. The van der Waals surface area contributed by atoms with E-state index in [1.165, 1.54) is 5.56 Å². The van der Waals surface area contributed by atoms with E-state index in [9.17, 15) is 4.79 Å². The zero-order valence-electron chi connectivity index (χ0n) is 12.9. The van der Waals surface area contributed by atoms with E-state index < -0.39 is 5.97 Å². The Morgan fingerprint density at radius 2 is 2.29 bits per heavy atom. The normalized spacial score (nSPS) is 19.7. The van der Waals surface area contributed by atoms with Gasteiger partial charge in [0, 0.05) is 13.1 Å². The van der Waals surface area contributed by atoms with Crippen LogP contribution in [0.3, 0.4) is 0 Å². The number of ether oxygens (including phenoxy) is 1. The zero-order chi connectivity index (χ0) is 15.2. The van der Waals surface area contributed by atoms with Crippen molar-refractivity contribution in [3.63, 3.8) is 0 Å². The Balaban J connectivity index is 1.93. The van der Waals surface area contributed by atoms with Gasteiger partial charge in [0.25, 0.3) is 0 Å². The maximum absolute atomic E-state index is 11.1. The third kappa shape index (κ3) is 5.05. The molecule has 0 radical (unpaired) electrons. The molecule has 2 rings (SSSR count). The van der Waals surface area contributed by atoms with Crippen molar-refractivity contribution in [3.05, 3.63) is 29.8 Å². The molecule has 1 N–H and O–H groups in total. The average molecular weight is 291 g/mol. The molecule has 4 nitrogen and oxygen atoms in total. The summed E-state index contributed by atoms with van der Waals surface area (Å²) in [5.41, 5.74) is 1.18. The summed E-state index contributed by atoms with van der Waals surface area (Å²) in [5, 5.41) is 9.14. The van der Waals surface area contributed by atoms with E-state index in [1.807, 2.05) is 12.1 Å². The monoisotopic (exact) mass is 291 g/mol. The van der Waals surface area contributed by atoms with Crippen molar-refractivity contribution >= 4 is 5.97 Å². The van der Waals surface area contributed by atoms with Crippen molar-refractivity contribution in [2.75, 3.05) is 19.7 Å². The fourth-order valence-corrected chi connectivity index (χ4v) is 2.66. The second-order valence-electron chi connectivity index (χ2n) is 6.26. The van der Waals surface area contributed by atoms with E-state index in [0.29, 0.717) is 19.1 Å². The minimum atomic E-state index is -0.672. The number of rotatable bonds is 6. The molecule has 0 bridgehead atoms. The van der Waals surface area contributed by atoms with Gasteiger partial charge in [-0.25, -0.2) is 0 Å². The lowest BCUT2D eigenvalue weighted by Crippen LogP contribution is -2.38. The van der Waals surface area contributed by atoms with Gasteiger partial charge in [0.05, 0.1) is 12.5 Å². The van der Waals surface area contributed by atoms with Crippen molar-refractivity contribution in [1.82, 2.24) is 4.90 Å². The molecule has 1 aromatic rings. The molecular formula is C17H25NO3. The quantitative estimate of drug-likeness (QED) is 0.875. The molecule has 0 aromatic heterocycles. The first-order valence-corrected chi connectivity index (χ1v) is 7.71. The molecule has 1 aliphatic rings. The molecule has 4 heteroatoms. The van der Waals surface area contributed by atoms with Crippen molar-refractivity contribution in [2.45, 2.75) is 33.2 Å². The molecule has 1 aromatic carbocycles. The van der Waals surface area contributed by atoms with Crippen molar-refractivity contribution in [3.8, 4) is 5.75 Å². The highest BCUT2D eigenvalue weighted by Crippen LogP contribution is 2.21. The number of carboxylic acids is 1. The Morgan fingerprint density at radius 1 is 1.48 bits per heavy atom. The number of hydrogen-bond donors (Lipinski definition) is 1. The van der Waals surface area contributed by atoms with Gasteiger partial charge < -0.3 is 9.84 Å². The number of aliphatic carboxylic acids is 1. The van der Waals surface area contributed by atoms with E-state index >= 15 is 0 Å². The Labute approximate surface area is 126 Å². The fourth-order valence-electron chi connectivity index (χ4n) is 2.66. The average Bonchev–Trinajstić information content (AvgIpc) is 2.46. The van der Waals surface area contributed by atoms with Crippen LogP contribution in [0.15, 0.2) is 24.3 Å². The minimum Gasteiger partial charge on any atom is -0.493 e. The number of benzene rings is 1. The first-order chi connectivity index (χ1) is 10.0. The van der Waals surface area contributed by atoms with E-state index in [4.69, 9.17) is 9.84 Å². The predicted molar refractivity (Wildman–Crippen MR) is 82.4 cm³/mol. The van der Waals surface area contributed by atoms with E-state index in [-0.39, 0.29) is 5.92 Å². The second kappa shape index (κ2) is 7.46. The minimum absolute atomic E-state index is 0.223. The number of piperidine rings is 1. The summed E-state index contributed by atoms with van der Waals surface area (Å²) in [6, 6.07) is 8.12. The molecule has 1 heterocycles. The van der Waals surface area contributed by atoms with Crippen LogP contribution in [0.5, 0.6) is 5.75 Å². The van der Waals surface area contributed by atoms with Gasteiger partial charge in [-0.1, -0.05) is 26.0 Å². The number of likely N-dealkylation sites (tertiary alicyclic amines) is 1. The van der Waals surface area contributed by atoms with Crippen LogP contribution in [0, 0.1) is 11.8 Å². The summed E-state index contributed by atoms with van der Waals surface area (Å²) in [4.78, 5) is 13.3. The molecule has 1 fully saturated rings. The van der Waals surface area contributed by atoms with Gasteiger partial charge in [0.2, 0.25) is 0 Å². The number of nitrogens with zero attached hydrogens (tertiary/aromatic N) is 1. The summed E-state index contributed by atoms with van der Waals surface area (Å²) in [7, 11) is 0. The van der Waals surface area contributed by atoms with Crippen LogP contribution in [-0.4, -0.2) is 35.7 Å². The summed E-state index contributed by atoms with van der Waals surface area (Å²) in [5.74, 6) is 0.507. The van der Waals surface area contributed by atoms with Gasteiger partial charge in [-0.05, 0) is 43.0 Å². The van der Waals surface area contributed by atoms with Crippen molar-refractivity contribution < 1.29 is 14.6 Å². The van der Waals surface area contributed by atoms with Gasteiger partial charge >= 0.3 is 5.97 Å². The van der Waals surface area contributed by atoms with Gasteiger partial charge in [-0.3, -0.25) is 9.69 Å². The molecule has 0 amide bonds. The van der Waals surface area contributed by atoms with Crippen LogP contribution in [0.4, 0.5) is 0 Å². The van der Waals surface area contributed by atoms with Gasteiger partial charge in [-0.2, -0.15) is 0 Å². The smallest absolute Gasteiger partial charge is 0.307 e. The SMILES string of the molecule is CC(C)COc1cccc(CN2CCCC(C(=O)O)C2)c1. The lowest BCUT2D eigenvalue weighted by molar-refractivity contribution is -0.143. The van der Waals surface area contributed by atoms with E-state index in [0.717, 1.165) is 31.7 Å². The molecule has 1 atom stereocenters. The Kier molecular flexibility index (Phi) is 5.62. The molecule has 1 unspecified atom stereocenters. The molecule has 0 aliphatic carbocycles. The van der Waals surface area contributed by atoms with Crippen LogP contribution < -0.4 is 4.74 Å². The van der Waals surface area contributed by atoms with Crippen LogP contribution in [0.2, 0.25) is 0 Å². The highest BCUT2D eigenvalue weighted by molar-refractivity contribution is 5.70. The van der Waals surface area contributed by atoms with Gasteiger partial charge in [-0.15, -0.1) is 0 Å². The lowest BCUT2D eigenvalue weighted by Gasteiger charge is -2.30. The van der Waals surface area contributed by atoms with Gasteiger partial charge in [0.15, 0.2) is 0 Å². The lowest BCUT2D eigenvalue weighted by atomic mass is 9.98. The molecular weight excluding hydrogens is 266 g/mol. The van der Waals surface area contributed by atoms with Crippen molar-refractivity contribution in [1.29, 1.82) is 0 Å². The van der Waals surface area contributed by atoms with Crippen LogP contribution in [0.1, 0.15) is 32.3 Å². The molecule has 21 heavy (non-hydrogen) atoms. The molecule has 116 valence electrons. The third-order valence-electron chi connectivity index (χ3n) is 3.74. The summed E-state index contributed by atoms with van der Waals surface area (Å²) in [6.07, 6.45) is 1.75. The van der Waals surface area contributed by atoms with Crippen LogP contribution in [-0.2, 0) is 11.3 Å². The second-order valence-corrected chi connectivity index (χ2v) is 6.26. The van der Waals surface area contributed by atoms with Crippen LogP contribution in [0.25, 0.3) is 0 Å². The van der Waals surface area contributed by atoms with Gasteiger partial charge in [0.1, 0.15) is 5.75 Å². The predicted octanol–water partition coefficient (Wildman–Crippen LogP) is 3.02. The van der Waals surface area contributed by atoms with E-state index in [1.54, 1.807) is 0 Å². The zero-order valence-corrected chi connectivity index (χ0v) is 12.9. The topological polar surface area (TPSA) is 49.8 Å². The standard InChI is InChI=1S/C17H25NO3/c1-13(2)12-21-16-7-3-5-14(9-16)10-18-8-4-6-15(11-18)17(19)20/h3,5,7,9,13,15H,4,6,8,10-12H2,1-2H3,(H,19,20). The van der Waals surface area contributed by atoms with E-state index in [2.05, 4.69) is 30.9 Å². The maximum atomic E-state index is 11.1. The molecule has 0 saturated carbocycles. The largest absolute Gasteiger partial charge is 0.493 e. The number of carboxylic acid groups (broad SMARTS) is 1. The van der Waals surface area contributed by atoms with Crippen LogP contribution >= 0.6 is 0 Å². The Hall–Kier alpha value is -1.55. The molecule has 1 aliphatic heterocycles. The first-order valence-electron chi connectivity index (χ1n) is 7.71. The number of hydrogen-bond acceptors (Lipinski definition) is 3. The number of carbonyl (C=O) groups is 1. The summed E-state index contributed by atoms with van der Waals surface area (Å²) >= 11 is 0. The molecule has 0 spiro atoms. The first kappa shape index (κ1) is 15.8. The highest BCUT2D eigenvalue weighted by atomic mass is 16.5. The molecule has 1 saturated heterocycles. The third-order valence-corrected chi connectivity index (χ3v) is 3.74. The highest BCUT2D eigenvalue weighted by Gasteiger charge is 2.25. The Bertz CT molecular complexity index is 473. The maximum Gasteiger partial charge on any atom is 0.307 e. The fraction of sp³-hybridized carbons (Fsp3) is 0.588. The Morgan fingerprint density at radius 3 is 3.00 bits per heavy atom. The van der Waals surface area contributed by atoms with Crippen molar-refractivity contribution in [2.24, 2.45) is 11.8 Å².